The maximum absolute atomic E-state index is 12.0. The van der Waals surface area contributed by atoms with Crippen molar-refractivity contribution in [1.82, 2.24) is 9.71 Å². The number of hydrogen-bond donors (Lipinski definition) is 2. The molecule has 1 rings (SSSR count). The van der Waals surface area contributed by atoms with Crippen molar-refractivity contribution in [3.8, 4) is 0 Å². The summed E-state index contributed by atoms with van der Waals surface area (Å²) < 4.78 is 27.0. The number of nitrogens with zero attached hydrogens (tertiary/aromatic N) is 1. The van der Waals surface area contributed by atoms with Gasteiger partial charge in [0.2, 0.25) is 10.0 Å². The molecule has 0 amide bonds. The van der Waals surface area contributed by atoms with E-state index in [0.29, 0.717) is 17.4 Å². The van der Waals surface area contributed by atoms with E-state index >= 15 is 0 Å². The van der Waals surface area contributed by atoms with E-state index in [-0.39, 0.29) is 22.6 Å². The van der Waals surface area contributed by atoms with Crippen LogP contribution in [0, 0.1) is 5.92 Å². The van der Waals surface area contributed by atoms with Gasteiger partial charge in [0.15, 0.2) is 0 Å². The molecule has 0 aliphatic rings. The van der Waals surface area contributed by atoms with E-state index in [2.05, 4.69) is 25.6 Å². The minimum absolute atomic E-state index is 0.0428. The number of hydrogen-bond acceptors (Lipinski definition) is 4. The molecule has 19 heavy (non-hydrogen) atoms. The fraction of sp³-hybridized carbons (Fsp3) is 0.545. The predicted octanol–water partition coefficient (Wildman–Crippen LogP) is 2.18. The van der Waals surface area contributed by atoms with Gasteiger partial charge in [-0.25, -0.2) is 18.1 Å². The Labute approximate surface area is 126 Å². The third-order valence-corrected chi connectivity index (χ3v) is 4.86. The van der Waals surface area contributed by atoms with Crippen LogP contribution in [0.5, 0.6) is 0 Å². The molecule has 0 saturated heterocycles. The highest BCUT2D eigenvalue weighted by Gasteiger charge is 2.18. The Morgan fingerprint density at radius 3 is 2.89 bits per heavy atom. The molecule has 0 aliphatic carbocycles. The lowest BCUT2D eigenvalue weighted by Gasteiger charge is -2.10. The number of aromatic nitrogens is 1. The Hall–Kier alpha value is -0.210. The summed E-state index contributed by atoms with van der Waals surface area (Å²) in [5.74, 6) is 0.167. The number of pyridine rings is 1. The number of nitrogens with one attached hydrogen (secondary N) is 1. The van der Waals surface area contributed by atoms with Gasteiger partial charge >= 0.3 is 0 Å². The van der Waals surface area contributed by atoms with Crippen LogP contribution in [0.1, 0.15) is 19.8 Å². The maximum Gasteiger partial charge on any atom is 0.243 e. The first-order valence-electron chi connectivity index (χ1n) is 5.78. The molecule has 0 saturated carbocycles. The van der Waals surface area contributed by atoms with Gasteiger partial charge in [-0.15, -0.1) is 0 Å². The number of halogens is 2. The molecule has 0 aromatic carbocycles. The minimum atomic E-state index is -3.66. The molecule has 1 aromatic heterocycles. The lowest BCUT2D eigenvalue weighted by Crippen LogP contribution is -2.25. The lowest BCUT2D eigenvalue weighted by molar-refractivity contribution is 0.228. The van der Waals surface area contributed by atoms with Crippen molar-refractivity contribution in [2.45, 2.75) is 24.7 Å². The molecule has 5 nitrogen and oxygen atoms in total. The van der Waals surface area contributed by atoms with Crippen LogP contribution in [0.2, 0.25) is 5.15 Å². The minimum Gasteiger partial charge on any atom is -0.396 e. The van der Waals surface area contributed by atoms with E-state index < -0.39 is 10.0 Å². The molecule has 8 heteroatoms. The second kappa shape index (κ2) is 7.54. The molecule has 0 spiro atoms. The Bertz CT molecular complexity index is 525. The van der Waals surface area contributed by atoms with Crippen molar-refractivity contribution in [3.05, 3.63) is 21.9 Å². The second-order valence-corrected chi connectivity index (χ2v) is 7.28. The van der Waals surface area contributed by atoms with Crippen LogP contribution in [0.4, 0.5) is 0 Å². The maximum atomic E-state index is 12.0. The normalized spacial score (nSPS) is 13.5. The van der Waals surface area contributed by atoms with Crippen molar-refractivity contribution >= 4 is 37.6 Å². The molecule has 2 N–H and O–H groups in total. The average molecular weight is 372 g/mol. The third kappa shape index (κ3) is 5.35. The Morgan fingerprint density at radius 1 is 1.58 bits per heavy atom. The SMILES string of the molecule is CC(CO)CCCNS(=O)(=O)c1cc(Br)cnc1Cl. The first-order chi connectivity index (χ1) is 8.86. The van der Waals surface area contributed by atoms with Crippen molar-refractivity contribution in [1.29, 1.82) is 0 Å². The molecule has 108 valence electrons. The van der Waals surface area contributed by atoms with Crippen molar-refractivity contribution in [2.75, 3.05) is 13.2 Å². The summed E-state index contributed by atoms with van der Waals surface area (Å²) in [6.07, 6.45) is 2.84. The van der Waals surface area contributed by atoms with Crippen molar-refractivity contribution < 1.29 is 13.5 Å². The molecule has 0 bridgehead atoms. The van der Waals surface area contributed by atoms with Crippen LogP contribution in [0.3, 0.4) is 0 Å². The van der Waals surface area contributed by atoms with Crippen LogP contribution in [0.15, 0.2) is 21.6 Å². The van der Waals surface area contributed by atoms with Gasteiger partial charge in [-0.2, -0.15) is 0 Å². The van der Waals surface area contributed by atoms with Gasteiger partial charge in [0.05, 0.1) is 0 Å². The van der Waals surface area contributed by atoms with Gasteiger partial charge in [0.1, 0.15) is 10.0 Å². The Kier molecular flexibility index (Phi) is 6.68. The highest BCUT2D eigenvalue weighted by molar-refractivity contribution is 9.10. The molecule has 0 radical (unpaired) electrons. The van der Waals surface area contributed by atoms with Crippen LogP contribution in [0.25, 0.3) is 0 Å². The summed E-state index contributed by atoms with van der Waals surface area (Å²) in [6.45, 7) is 2.31. The van der Waals surface area contributed by atoms with E-state index in [9.17, 15) is 8.42 Å². The van der Waals surface area contributed by atoms with Crippen molar-refractivity contribution in [3.63, 3.8) is 0 Å². The summed E-state index contributed by atoms with van der Waals surface area (Å²) in [5.41, 5.74) is 0. The van der Waals surface area contributed by atoms with Crippen LogP contribution in [-0.4, -0.2) is 31.7 Å². The molecule has 1 atom stereocenters. The first kappa shape index (κ1) is 16.8. The van der Waals surface area contributed by atoms with E-state index in [1.165, 1.54) is 12.3 Å². The average Bonchev–Trinajstić information content (AvgIpc) is 2.37. The lowest BCUT2D eigenvalue weighted by atomic mass is 10.1. The zero-order valence-electron chi connectivity index (χ0n) is 10.4. The summed E-state index contributed by atoms with van der Waals surface area (Å²) >= 11 is 8.94. The zero-order chi connectivity index (χ0) is 14.5. The second-order valence-electron chi connectivity index (χ2n) is 4.27. The summed E-state index contributed by atoms with van der Waals surface area (Å²) in [7, 11) is -3.66. The smallest absolute Gasteiger partial charge is 0.243 e. The van der Waals surface area contributed by atoms with Gasteiger partial charge in [-0.05, 0) is 40.8 Å². The standard InChI is InChI=1S/C11H16BrClN2O3S/c1-8(7-16)3-2-4-15-19(17,18)10-5-9(12)6-14-11(10)13/h5-6,8,15-16H,2-4,7H2,1H3. The summed E-state index contributed by atoms with van der Waals surface area (Å²) in [6, 6.07) is 1.41. The Balaban J connectivity index is 2.64. The first-order valence-corrected chi connectivity index (χ1v) is 8.44. The van der Waals surface area contributed by atoms with Crippen LogP contribution < -0.4 is 4.72 Å². The quantitative estimate of drug-likeness (QED) is 0.569. The fourth-order valence-electron chi connectivity index (χ4n) is 1.42. The van der Waals surface area contributed by atoms with Crippen LogP contribution in [-0.2, 0) is 10.0 Å². The highest BCUT2D eigenvalue weighted by Crippen LogP contribution is 2.22. The summed E-state index contributed by atoms with van der Waals surface area (Å²) in [4.78, 5) is 3.74. The molecule has 1 unspecified atom stereocenters. The highest BCUT2D eigenvalue weighted by atomic mass is 79.9. The monoisotopic (exact) mass is 370 g/mol. The van der Waals surface area contributed by atoms with Gasteiger partial charge in [0.25, 0.3) is 0 Å². The molecule has 1 aromatic rings. The third-order valence-electron chi connectivity index (χ3n) is 2.54. The van der Waals surface area contributed by atoms with Gasteiger partial charge in [0, 0.05) is 23.8 Å². The van der Waals surface area contributed by atoms with Crippen LogP contribution >= 0.6 is 27.5 Å². The summed E-state index contributed by atoms with van der Waals surface area (Å²) in [5, 5.41) is 8.81. The van der Waals surface area contributed by atoms with E-state index in [4.69, 9.17) is 16.7 Å². The largest absolute Gasteiger partial charge is 0.396 e. The van der Waals surface area contributed by atoms with Gasteiger partial charge < -0.3 is 5.11 Å². The fourth-order valence-corrected chi connectivity index (χ4v) is 3.43. The van der Waals surface area contributed by atoms with E-state index in [1.54, 1.807) is 0 Å². The molecule has 1 heterocycles. The predicted molar refractivity (Wildman–Crippen MR) is 77.6 cm³/mol. The molecular formula is C11H16BrClN2O3S. The molecule has 0 aliphatic heterocycles. The van der Waals surface area contributed by atoms with E-state index in [0.717, 1.165) is 6.42 Å². The Morgan fingerprint density at radius 2 is 2.26 bits per heavy atom. The van der Waals surface area contributed by atoms with E-state index in [1.807, 2.05) is 6.92 Å². The topological polar surface area (TPSA) is 79.3 Å². The van der Waals surface area contributed by atoms with Gasteiger partial charge in [-0.1, -0.05) is 18.5 Å². The number of sulfonamides is 1. The number of rotatable bonds is 7. The molecular weight excluding hydrogens is 356 g/mol. The number of aliphatic hydroxyl groups is 1. The number of aliphatic hydroxyl groups excluding tert-OH is 1. The zero-order valence-corrected chi connectivity index (χ0v) is 13.6. The van der Waals surface area contributed by atoms with Gasteiger partial charge in [-0.3, -0.25) is 0 Å². The van der Waals surface area contributed by atoms with Crippen molar-refractivity contribution in [2.24, 2.45) is 5.92 Å². The molecule has 0 fully saturated rings.